The molecule has 2 amide bonds. The second kappa shape index (κ2) is 13.6. The van der Waals surface area contributed by atoms with E-state index in [1.165, 1.54) is 55.0 Å². The molecular formula is C30H22N4O7. The Morgan fingerprint density at radius 2 is 1.59 bits per heavy atom. The summed E-state index contributed by atoms with van der Waals surface area (Å²) in [5.74, 6) is -1.02. The van der Waals surface area contributed by atoms with Crippen LogP contribution in [0.25, 0.3) is 12.2 Å². The SMILES string of the molecule is O=C(/C=C/c1ccco1)Oc1ccc(/C=N\NC(=O)/C(=C\c2ccc([N+](=O)[O-])cc2)NC(=O)c2ccccc2)cc1. The molecule has 1 heterocycles. The fraction of sp³-hybridized carbons (Fsp3) is 0. The van der Waals surface area contributed by atoms with E-state index in [1.54, 1.807) is 66.7 Å². The van der Waals surface area contributed by atoms with Gasteiger partial charge in [-0.3, -0.25) is 19.7 Å². The number of hydrogen-bond acceptors (Lipinski definition) is 8. The zero-order chi connectivity index (χ0) is 29.0. The van der Waals surface area contributed by atoms with Crippen LogP contribution in [0.3, 0.4) is 0 Å². The van der Waals surface area contributed by atoms with Gasteiger partial charge in [0.2, 0.25) is 0 Å². The van der Waals surface area contributed by atoms with E-state index in [9.17, 15) is 24.5 Å². The highest BCUT2D eigenvalue weighted by Gasteiger charge is 2.15. The maximum absolute atomic E-state index is 12.9. The average molecular weight is 551 g/mol. The minimum absolute atomic E-state index is 0.114. The van der Waals surface area contributed by atoms with Gasteiger partial charge in [0, 0.05) is 23.8 Å². The first kappa shape index (κ1) is 27.9. The molecule has 4 aromatic rings. The third kappa shape index (κ3) is 8.45. The van der Waals surface area contributed by atoms with Gasteiger partial charge in [-0.2, -0.15) is 5.10 Å². The summed E-state index contributed by atoms with van der Waals surface area (Å²) in [6, 6.07) is 23.5. The highest BCUT2D eigenvalue weighted by atomic mass is 16.6. The van der Waals surface area contributed by atoms with Crippen LogP contribution in [0.5, 0.6) is 5.75 Å². The van der Waals surface area contributed by atoms with Gasteiger partial charge in [-0.15, -0.1) is 0 Å². The number of furan rings is 1. The van der Waals surface area contributed by atoms with Crippen molar-refractivity contribution in [3.8, 4) is 5.75 Å². The van der Waals surface area contributed by atoms with Crippen LogP contribution in [0.15, 0.2) is 119 Å². The molecule has 0 fully saturated rings. The Kier molecular flexibility index (Phi) is 9.28. The number of nitrogens with one attached hydrogen (secondary N) is 2. The molecule has 3 aromatic carbocycles. The van der Waals surface area contributed by atoms with Crippen LogP contribution in [0.1, 0.15) is 27.2 Å². The monoisotopic (exact) mass is 550 g/mol. The van der Waals surface area contributed by atoms with Crippen molar-refractivity contribution in [3.05, 3.63) is 142 Å². The molecule has 11 heteroatoms. The fourth-order valence-corrected chi connectivity index (χ4v) is 3.34. The van der Waals surface area contributed by atoms with E-state index < -0.39 is 22.7 Å². The predicted octanol–water partition coefficient (Wildman–Crippen LogP) is 4.73. The molecule has 0 saturated carbocycles. The van der Waals surface area contributed by atoms with Crippen molar-refractivity contribution in [2.75, 3.05) is 0 Å². The number of nitrogens with zero attached hydrogens (tertiary/aromatic N) is 2. The number of nitro benzene ring substituents is 1. The molecule has 0 saturated heterocycles. The topological polar surface area (TPSA) is 153 Å². The standard InChI is InChI=1S/C30H22N4O7/c35-28(17-16-25-7-4-18-40-25)41-26-14-10-22(11-15-26)20-31-33-30(37)27(32-29(36)23-5-2-1-3-6-23)19-21-8-12-24(13-9-21)34(38)39/h1-20H,(H,32,36)(H,33,37)/b17-16+,27-19+,31-20-. The van der Waals surface area contributed by atoms with Crippen molar-refractivity contribution >= 4 is 41.8 Å². The van der Waals surface area contributed by atoms with Crippen LogP contribution in [0.2, 0.25) is 0 Å². The lowest BCUT2D eigenvalue weighted by Gasteiger charge is -2.09. The summed E-state index contributed by atoms with van der Waals surface area (Å²) in [5.41, 5.74) is 3.47. The van der Waals surface area contributed by atoms with E-state index in [0.29, 0.717) is 28.2 Å². The Bertz CT molecular complexity index is 1610. The molecule has 0 aliphatic carbocycles. The quantitative estimate of drug-likeness (QED) is 0.0723. The summed E-state index contributed by atoms with van der Waals surface area (Å²) in [6.45, 7) is 0. The van der Waals surface area contributed by atoms with Gasteiger partial charge in [-0.1, -0.05) is 18.2 Å². The number of non-ortho nitro benzene ring substituents is 1. The molecule has 204 valence electrons. The van der Waals surface area contributed by atoms with E-state index in [-0.39, 0.29) is 11.4 Å². The van der Waals surface area contributed by atoms with Gasteiger partial charge in [0.05, 0.1) is 17.4 Å². The highest BCUT2D eigenvalue weighted by molar-refractivity contribution is 6.05. The van der Waals surface area contributed by atoms with E-state index in [4.69, 9.17) is 9.15 Å². The molecule has 41 heavy (non-hydrogen) atoms. The molecule has 0 radical (unpaired) electrons. The van der Waals surface area contributed by atoms with Crippen molar-refractivity contribution in [2.45, 2.75) is 0 Å². The number of rotatable bonds is 10. The molecule has 1 aromatic heterocycles. The Labute approximate surface area is 233 Å². The highest BCUT2D eigenvalue weighted by Crippen LogP contribution is 2.15. The normalized spacial score (nSPS) is 11.4. The van der Waals surface area contributed by atoms with Crippen LogP contribution < -0.4 is 15.5 Å². The molecule has 0 spiro atoms. The number of esters is 1. The average Bonchev–Trinajstić information content (AvgIpc) is 3.51. The summed E-state index contributed by atoms with van der Waals surface area (Å²) in [5, 5.41) is 17.4. The molecule has 0 aliphatic rings. The summed E-state index contributed by atoms with van der Waals surface area (Å²) in [6.07, 6.45) is 6.95. The lowest BCUT2D eigenvalue weighted by molar-refractivity contribution is -0.384. The fourth-order valence-electron chi connectivity index (χ4n) is 3.34. The van der Waals surface area contributed by atoms with Crippen molar-refractivity contribution in [1.82, 2.24) is 10.7 Å². The van der Waals surface area contributed by atoms with E-state index in [2.05, 4.69) is 15.8 Å². The van der Waals surface area contributed by atoms with Gasteiger partial charge in [-0.25, -0.2) is 10.2 Å². The first-order chi connectivity index (χ1) is 19.9. The second-order valence-electron chi connectivity index (χ2n) is 8.26. The number of hydrogen-bond donors (Lipinski definition) is 2. The zero-order valence-electron chi connectivity index (χ0n) is 21.3. The van der Waals surface area contributed by atoms with Gasteiger partial charge >= 0.3 is 5.97 Å². The maximum atomic E-state index is 12.9. The number of benzene rings is 3. The summed E-state index contributed by atoms with van der Waals surface area (Å²) >= 11 is 0. The number of amides is 2. The Morgan fingerprint density at radius 1 is 0.878 bits per heavy atom. The zero-order valence-corrected chi connectivity index (χ0v) is 21.3. The summed E-state index contributed by atoms with van der Waals surface area (Å²) in [7, 11) is 0. The van der Waals surface area contributed by atoms with E-state index in [0.717, 1.165) is 0 Å². The number of ether oxygens (including phenoxy) is 1. The van der Waals surface area contributed by atoms with Crippen LogP contribution in [-0.4, -0.2) is 28.9 Å². The molecule has 4 rings (SSSR count). The summed E-state index contributed by atoms with van der Waals surface area (Å²) < 4.78 is 10.3. The van der Waals surface area contributed by atoms with Crippen molar-refractivity contribution < 1.29 is 28.5 Å². The Hall–Kier alpha value is -6.10. The summed E-state index contributed by atoms with van der Waals surface area (Å²) in [4.78, 5) is 48.0. The lowest BCUT2D eigenvalue weighted by atomic mass is 10.1. The second-order valence-corrected chi connectivity index (χ2v) is 8.26. The molecule has 11 nitrogen and oxygen atoms in total. The minimum atomic E-state index is -0.724. The van der Waals surface area contributed by atoms with E-state index >= 15 is 0 Å². The number of nitro groups is 1. The molecule has 2 N–H and O–H groups in total. The van der Waals surface area contributed by atoms with Crippen LogP contribution in [0.4, 0.5) is 5.69 Å². The Balaban J connectivity index is 1.41. The molecule has 0 bridgehead atoms. The first-order valence-electron chi connectivity index (χ1n) is 12.1. The number of hydrazone groups is 1. The molecule has 0 unspecified atom stereocenters. The van der Waals surface area contributed by atoms with Gasteiger partial charge in [0.15, 0.2) is 0 Å². The maximum Gasteiger partial charge on any atom is 0.336 e. The molecule has 0 aliphatic heterocycles. The smallest absolute Gasteiger partial charge is 0.336 e. The van der Waals surface area contributed by atoms with Gasteiger partial charge < -0.3 is 14.5 Å². The number of carbonyl (C=O) groups is 3. The largest absolute Gasteiger partial charge is 0.465 e. The predicted molar refractivity (Wildman–Crippen MR) is 151 cm³/mol. The molecule has 0 atom stereocenters. The Morgan fingerprint density at radius 3 is 2.24 bits per heavy atom. The van der Waals surface area contributed by atoms with Crippen molar-refractivity contribution in [2.24, 2.45) is 5.10 Å². The van der Waals surface area contributed by atoms with Crippen LogP contribution in [-0.2, 0) is 9.59 Å². The first-order valence-corrected chi connectivity index (χ1v) is 12.1. The third-order valence-electron chi connectivity index (χ3n) is 5.35. The van der Waals surface area contributed by atoms with Gasteiger partial charge in [-0.05, 0) is 83.9 Å². The van der Waals surface area contributed by atoms with Crippen molar-refractivity contribution in [3.63, 3.8) is 0 Å². The lowest BCUT2D eigenvalue weighted by Crippen LogP contribution is -2.32. The van der Waals surface area contributed by atoms with Gasteiger partial charge in [0.25, 0.3) is 17.5 Å². The van der Waals surface area contributed by atoms with Crippen LogP contribution >= 0.6 is 0 Å². The molecular weight excluding hydrogens is 528 g/mol. The third-order valence-corrected chi connectivity index (χ3v) is 5.35. The number of carbonyl (C=O) groups excluding carboxylic acids is 3. The van der Waals surface area contributed by atoms with Gasteiger partial charge in [0.1, 0.15) is 17.2 Å². The van der Waals surface area contributed by atoms with E-state index in [1.807, 2.05) is 0 Å². The van der Waals surface area contributed by atoms with Crippen molar-refractivity contribution in [1.29, 1.82) is 0 Å². The van der Waals surface area contributed by atoms with Crippen LogP contribution in [0, 0.1) is 10.1 Å². The minimum Gasteiger partial charge on any atom is -0.465 e.